The highest BCUT2D eigenvalue weighted by atomic mass is 16.5. The summed E-state index contributed by atoms with van der Waals surface area (Å²) in [5, 5.41) is 3.47. The third kappa shape index (κ3) is 5.52. The Bertz CT molecular complexity index is 333. The van der Waals surface area contributed by atoms with Gasteiger partial charge in [0.2, 0.25) is 0 Å². The van der Waals surface area contributed by atoms with Gasteiger partial charge in [0.25, 0.3) is 0 Å². The Labute approximate surface area is 110 Å². The van der Waals surface area contributed by atoms with Crippen LogP contribution in [0, 0.1) is 0 Å². The molecule has 1 N–H and O–H groups in total. The Morgan fingerprint density at radius 1 is 1.17 bits per heavy atom. The van der Waals surface area contributed by atoms with E-state index in [0.717, 1.165) is 25.3 Å². The van der Waals surface area contributed by atoms with E-state index >= 15 is 0 Å². The van der Waals surface area contributed by atoms with Crippen molar-refractivity contribution in [3.05, 3.63) is 29.8 Å². The molecule has 0 aliphatic heterocycles. The van der Waals surface area contributed by atoms with Crippen LogP contribution in [0.1, 0.15) is 32.8 Å². The predicted molar refractivity (Wildman–Crippen MR) is 75.0 cm³/mol. The first kappa shape index (κ1) is 15.0. The lowest BCUT2D eigenvalue weighted by atomic mass is 10.0. The van der Waals surface area contributed by atoms with Gasteiger partial charge in [-0.25, -0.2) is 0 Å². The largest absolute Gasteiger partial charge is 0.497 e. The number of rotatable bonds is 8. The Morgan fingerprint density at radius 3 is 2.39 bits per heavy atom. The van der Waals surface area contributed by atoms with Crippen molar-refractivity contribution in [2.75, 3.05) is 20.3 Å². The molecule has 0 aliphatic rings. The number of hydrogen-bond donors (Lipinski definition) is 1. The molecule has 0 bridgehead atoms. The first-order valence-electron chi connectivity index (χ1n) is 6.53. The third-order valence-corrected chi connectivity index (χ3v) is 3.16. The van der Waals surface area contributed by atoms with Crippen molar-refractivity contribution in [1.82, 2.24) is 5.32 Å². The summed E-state index contributed by atoms with van der Waals surface area (Å²) in [5.74, 6) is 0.880. The Balaban J connectivity index is 2.17. The minimum Gasteiger partial charge on any atom is -0.497 e. The van der Waals surface area contributed by atoms with Gasteiger partial charge < -0.3 is 14.8 Å². The molecule has 0 aliphatic carbocycles. The van der Waals surface area contributed by atoms with Gasteiger partial charge in [0.1, 0.15) is 5.75 Å². The molecule has 3 nitrogen and oxygen atoms in total. The van der Waals surface area contributed by atoms with Gasteiger partial charge >= 0.3 is 0 Å². The lowest BCUT2D eigenvalue weighted by molar-refractivity contribution is 0.117. The first-order valence-corrected chi connectivity index (χ1v) is 6.53. The molecule has 0 amide bonds. The van der Waals surface area contributed by atoms with Crippen molar-refractivity contribution >= 4 is 0 Å². The molecular formula is C15H25NO2. The summed E-state index contributed by atoms with van der Waals surface area (Å²) in [4.78, 5) is 0. The molecule has 0 saturated carbocycles. The zero-order valence-electron chi connectivity index (χ0n) is 12.0. The fourth-order valence-corrected chi connectivity index (χ4v) is 1.50. The molecule has 0 fully saturated rings. The first-order chi connectivity index (χ1) is 8.57. The molecule has 18 heavy (non-hydrogen) atoms. The maximum absolute atomic E-state index is 5.63. The van der Waals surface area contributed by atoms with E-state index in [-0.39, 0.29) is 5.54 Å². The fraction of sp³-hybridized carbons (Fsp3) is 0.600. The van der Waals surface area contributed by atoms with E-state index < -0.39 is 0 Å². The third-order valence-electron chi connectivity index (χ3n) is 3.16. The zero-order valence-corrected chi connectivity index (χ0v) is 12.0. The van der Waals surface area contributed by atoms with Gasteiger partial charge in [-0.15, -0.1) is 0 Å². The molecule has 0 heterocycles. The van der Waals surface area contributed by atoms with E-state index in [1.54, 1.807) is 7.11 Å². The van der Waals surface area contributed by atoms with Crippen LogP contribution in [0.25, 0.3) is 0 Å². The number of nitrogens with one attached hydrogen (secondary N) is 1. The van der Waals surface area contributed by atoms with Crippen LogP contribution in [0.3, 0.4) is 0 Å². The summed E-state index contributed by atoms with van der Waals surface area (Å²) in [6.45, 7) is 8.86. The number of ether oxygens (including phenoxy) is 2. The van der Waals surface area contributed by atoms with Crippen LogP contribution in [0.5, 0.6) is 5.75 Å². The molecule has 1 rings (SSSR count). The second-order valence-corrected chi connectivity index (χ2v) is 5.06. The standard InChI is InChI=1S/C15H25NO2/c1-5-15(2,3)16-10-11-18-12-13-6-8-14(17-4)9-7-13/h6-9,16H,5,10-12H2,1-4H3. The molecule has 102 valence electrons. The van der Waals surface area contributed by atoms with Gasteiger partial charge in [-0.3, -0.25) is 0 Å². The summed E-state index contributed by atoms with van der Waals surface area (Å²) in [5.41, 5.74) is 1.37. The van der Waals surface area contributed by atoms with Gasteiger partial charge in [-0.05, 0) is 38.0 Å². The average molecular weight is 251 g/mol. The van der Waals surface area contributed by atoms with Gasteiger partial charge in [0, 0.05) is 12.1 Å². The van der Waals surface area contributed by atoms with Gasteiger partial charge in [0.15, 0.2) is 0 Å². The minimum atomic E-state index is 0.198. The second-order valence-electron chi connectivity index (χ2n) is 5.06. The van der Waals surface area contributed by atoms with E-state index in [1.165, 1.54) is 5.56 Å². The number of methoxy groups -OCH3 is 1. The van der Waals surface area contributed by atoms with Crippen molar-refractivity contribution in [2.24, 2.45) is 0 Å². The molecule has 3 heteroatoms. The van der Waals surface area contributed by atoms with Gasteiger partial charge in [-0.1, -0.05) is 19.1 Å². The Hall–Kier alpha value is -1.06. The zero-order chi connectivity index (χ0) is 13.4. The highest BCUT2D eigenvalue weighted by Crippen LogP contribution is 2.11. The summed E-state index contributed by atoms with van der Waals surface area (Å²) >= 11 is 0. The lowest BCUT2D eigenvalue weighted by Crippen LogP contribution is -2.40. The maximum Gasteiger partial charge on any atom is 0.118 e. The van der Waals surface area contributed by atoms with Crippen LogP contribution in [-0.2, 0) is 11.3 Å². The number of hydrogen-bond acceptors (Lipinski definition) is 3. The SMILES string of the molecule is CCC(C)(C)NCCOCc1ccc(OC)cc1. The van der Waals surface area contributed by atoms with Crippen LogP contribution < -0.4 is 10.1 Å². The van der Waals surface area contributed by atoms with Crippen molar-refractivity contribution < 1.29 is 9.47 Å². The smallest absolute Gasteiger partial charge is 0.118 e. The molecule has 0 atom stereocenters. The molecule has 0 radical (unpaired) electrons. The monoisotopic (exact) mass is 251 g/mol. The molecule has 0 spiro atoms. The number of benzene rings is 1. The van der Waals surface area contributed by atoms with Crippen molar-refractivity contribution in [1.29, 1.82) is 0 Å². The van der Waals surface area contributed by atoms with Crippen molar-refractivity contribution in [2.45, 2.75) is 39.3 Å². The molecule has 0 saturated heterocycles. The van der Waals surface area contributed by atoms with E-state index in [9.17, 15) is 0 Å². The normalized spacial score (nSPS) is 11.6. The van der Waals surface area contributed by atoms with Crippen LogP contribution in [0.4, 0.5) is 0 Å². The van der Waals surface area contributed by atoms with Crippen molar-refractivity contribution in [3.63, 3.8) is 0 Å². The fourth-order valence-electron chi connectivity index (χ4n) is 1.50. The highest BCUT2D eigenvalue weighted by Gasteiger charge is 2.12. The van der Waals surface area contributed by atoms with E-state index in [0.29, 0.717) is 6.61 Å². The quantitative estimate of drug-likeness (QED) is 0.720. The van der Waals surface area contributed by atoms with Crippen LogP contribution in [0.15, 0.2) is 24.3 Å². The predicted octanol–water partition coefficient (Wildman–Crippen LogP) is 2.99. The molecule has 0 aromatic heterocycles. The second kappa shape index (κ2) is 7.39. The summed E-state index contributed by atoms with van der Waals surface area (Å²) in [7, 11) is 1.67. The van der Waals surface area contributed by atoms with Gasteiger partial charge in [0.05, 0.1) is 20.3 Å². The Morgan fingerprint density at radius 2 is 1.83 bits per heavy atom. The van der Waals surface area contributed by atoms with Crippen molar-refractivity contribution in [3.8, 4) is 5.75 Å². The molecule has 1 aromatic rings. The lowest BCUT2D eigenvalue weighted by Gasteiger charge is -2.24. The van der Waals surface area contributed by atoms with E-state index in [2.05, 4.69) is 26.1 Å². The van der Waals surface area contributed by atoms with E-state index in [4.69, 9.17) is 9.47 Å². The molecule has 0 unspecified atom stereocenters. The Kier molecular flexibility index (Phi) is 6.16. The molecular weight excluding hydrogens is 226 g/mol. The molecule has 1 aromatic carbocycles. The summed E-state index contributed by atoms with van der Waals surface area (Å²) in [6.07, 6.45) is 1.12. The van der Waals surface area contributed by atoms with Crippen LogP contribution in [0.2, 0.25) is 0 Å². The maximum atomic E-state index is 5.63. The summed E-state index contributed by atoms with van der Waals surface area (Å²) in [6, 6.07) is 7.97. The minimum absolute atomic E-state index is 0.198. The summed E-state index contributed by atoms with van der Waals surface area (Å²) < 4.78 is 10.7. The average Bonchev–Trinajstić information content (AvgIpc) is 2.39. The van der Waals surface area contributed by atoms with E-state index in [1.807, 2.05) is 24.3 Å². The highest BCUT2D eigenvalue weighted by molar-refractivity contribution is 5.26. The van der Waals surface area contributed by atoms with Gasteiger partial charge in [-0.2, -0.15) is 0 Å². The van der Waals surface area contributed by atoms with Crippen LogP contribution in [-0.4, -0.2) is 25.8 Å². The topological polar surface area (TPSA) is 30.5 Å². The van der Waals surface area contributed by atoms with Crippen LogP contribution >= 0.6 is 0 Å².